The number of carboxylic acid groups (broad SMARTS) is 1. The van der Waals surface area contributed by atoms with Crippen molar-refractivity contribution in [3.8, 4) is 0 Å². The van der Waals surface area contributed by atoms with Crippen molar-refractivity contribution < 1.29 is 19.4 Å². The lowest BCUT2D eigenvalue weighted by atomic mass is 9.92. The maximum atomic E-state index is 11.6. The highest BCUT2D eigenvalue weighted by Crippen LogP contribution is 2.21. The summed E-state index contributed by atoms with van der Waals surface area (Å²) in [7, 11) is 0. The smallest absolute Gasteiger partial charge is 0.410 e. The van der Waals surface area contributed by atoms with Crippen LogP contribution in [-0.4, -0.2) is 41.8 Å². The standard InChI is InChI=1S/C13H21NO4/c1-2-9-18-13(17)14-7-3-5-11(6-4-8-14)10-12(15)16/h2,11H,1,3-10H2,(H,15,16). The molecule has 0 radical (unpaired) electrons. The first-order chi connectivity index (χ1) is 8.63. The molecule has 1 aliphatic rings. The molecule has 1 rings (SSSR count). The van der Waals surface area contributed by atoms with Gasteiger partial charge in [-0.3, -0.25) is 4.79 Å². The number of carboxylic acids is 1. The topological polar surface area (TPSA) is 66.8 Å². The normalized spacial score (nSPS) is 17.7. The van der Waals surface area contributed by atoms with Crippen LogP contribution < -0.4 is 0 Å². The van der Waals surface area contributed by atoms with Gasteiger partial charge in [-0.2, -0.15) is 0 Å². The molecule has 0 aromatic heterocycles. The molecular weight excluding hydrogens is 234 g/mol. The fourth-order valence-corrected chi connectivity index (χ4v) is 2.25. The minimum Gasteiger partial charge on any atom is -0.481 e. The summed E-state index contributed by atoms with van der Waals surface area (Å²) < 4.78 is 4.99. The van der Waals surface area contributed by atoms with Crippen LogP contribution in [0.5, 0.6) is 0 Å². The van der Waals surface area contributed by atoms with Gasteiger partial charge < -0.3 is 14.7 Å². The Labute approximate surface area is 107 Å². The Morgan fingerprint density at radius 1 is 1.33 bits per heavy atom. The highest BCUT2D eigenvalue weighted by molar-refractivity contribution is 5.68. The molecule has 0 aromatic carbocycles. The first kappa shape index (κ1) is 14.5. The number of aliphatic carboxylic acids is 1. The van der Waals surface area contributed by atoms with E-state index in [0.29, 0.717) is 13.1 Å². The quantitative estimate of drug-likeness (QED) is 0.782. The van der Waals surface area contributed by atoms with Gasteiger partial charge in [0.05, 0.1) is 0 Å². The molecule has 1 aliphatic heterocycles. The van der Waals surface area contributed by atoms with Gasteiger partial charge in [0.25, 0.3) is 0 Å². The predicted octanol–water partition coefficient (Wildman–Crippen LogP) is 2.28. The average Bonchev–Trinajstić information content (AvgIpc) is 2.28. The van der Waals surface area contributed by atoms with Crippen molar-refractivity contribution in [2.75, 3.05) is 19.7 Å². The Morgan fingerprint density at radius 3 is 2.44 bits per heavy atom. The lowest BCUT2D eigenvalue weighted by Gasteiger charge is -2.26. The second-order valence-electron chi connectivity index (χ2n) is 4.60. The third-order valence-electron chi connectivity index (χ3n) is 3.13. The van der Waals surface area contributed by atoms with Crippen LogP contribution in [0.4, 0.5) is 4.79 Å². The number of hydrogen-bond acceptors (Lipinski definition) is 3. The van der Waals surface area contributed by atoms with Gasteiger partial charge in [-0.15, -0.1) is 0 Å². The molecule has 1 fully saturated rings. The van der Waals surface area contributed by atoms with Gasteiger partial charge in [-0.25, -0.2) is 4.79 Å². The van der Waals surface area contributed by atoms with Crippen LogP contribution in [-0.2, 0) is 9.53 Å². The van der Waals surface area contributed by atoms with E-state index in [1.807, 2.05) is 0 Å². The number of carbonyl (C=O) groups is 2. The van der Waals surface area contributed by atoms with Gasteiger partial charge in [0.2, 0.25) is 0 Å². The van der Waals surface area contributed by atoms with Gasteiger partial charge in [0.1, 0.15) is 6.61 Å². The van der Waals surface area contributed by atoms with Crippen LogP contribution in [0.25, 0.3) is 0 Å². The second-order valence-corrected chi connectivity index (χ2v) is 4.60. The summed E-state index contributed by atoms with van der Waals surface area (Å²) in [5, 5.41) is 8.77. The second kappa shape index (κ2) is 7.74. The zero-order valence-corrected chi connectivity index (χ0v) is 10.6. The third kappa shape index (κ3) is 5.21. The molecule has 5 nitrogen and oxygen atoms in total. The van der Waals surface area contributed by atoms with Crippen LogP contribution in [0.2, 0.25) is 0 Å². The Bertz CT molecular complexity index is 293. The van der Waals surface area contributed by atoms with Crippen LogP contribution in [0, 0.1) is 5.92 Å². The van der Waals surface area contributed by atoms with Crippen molar-refractivity contribution in [1.82, 2.24) is 4.90 Å². The summed E-state index contributed by atoms with van der Waals surface area (Å²) in [5.74, 6) is -0.489. The molecule has 0 unspecified atom stereocenters. The van der Waals surface area contributed by atoms with Crippen LogP contribution in [0.15, 0.2) is 12.7 Å². The van der Waals surface area contributed by atoms with E-state index in [0.717, 1.165) is 25.7 Å². The highest BCUT2D eigenvalue weighted by Gasteiger charge is 2.20. The predicted molar refractivity (Wildman–Crippen MR) is 67.3 cm³/mol. The molecule has 0 atom stereocenters. The number of likely N-dealkylation sites (tertiary alicyclic amines) is 1. The zero-order chi connectivity index (χ0) is 13.4. The molecular formula is C13H21NO4. The first-order valence-corrected chi connectivity index (χ1v) is 6.38. The van der Waals surface area contributed by atoms with Crippen LogP contribution in [0.1, 0.15) is 32.1 Å². The van der Waals surface area contributed by atoms with Crippen molar-refractivity contribution in [1.29, 1.82) is 0 Å². The van der Waals surface area contributed by atoms with E-state index in [1.165, 1.54) is 0 Å². The average molecular weight is 255 g/mol. The summed E-state index contributed by atoms with van der Waals surface area (Å²) in [6, 6.07) is 0. The maximum absolute atomic E-state index is 11.6. The van der Waals surface area contributed by atoms with Crippen molar-refractivity contribution in [3.05, 3.63) is 12.7 Å². The van der Waals surface area contributed by atoms with Crippen molar-refractivity contribution >= 4 is 12.1 Å². The highest BCUT2D eigenvalue weighted by atomic mass is 16.6. The molecule has 1 saturated heterocycles. The molecule has 1 amide bonds. The number of hydrogen-bond donors (Lipinski definition) is 1. The van der Waals surface area contributed by atoms with E-state index in [4.69, 9.17) is 9.84 Å². The van der Waals surface area contributed by atoms with Gasteiger partial charge in [-0.1, -0.05) is 12.7 Å². The number of amides is 1. The van der Waals surface area contributed by atoms with Crippen LogP contribution in [0.3, 0.4) is 0 Å². The summed E-state index contributed by atoms with van der Waals surface area (Å²) in [6.45, 7) is 5.02. The number of nitrogens with zero attached hydrogens (tertiary/aromatic N) is 1. The SMILES string of the molecule is C=CCOC(=O)N1CCCC(CC(=O)O)CCC1. The fourth-order valence-electron chi connectivity index (χ4n) is 2.25. The van der Waals surface area contributed by atoms with E-state index in [-0.39, 0.29) is 25.0 Å². The summed E-state index contributed by atoms with van der Waals surface area (Å²) in [4.78, 5) is 24.0. The Kier molecular flexibility index (Phi) is 6.25. The monoisotopic (exact) mass is 255 g/mol. The fraction of sp³-hybridized carbons (Fsp3) is 0.692. The minimum atomic E-state index is -0.733. The van der Waals surface area contributed by atoms with Crippen molar-refractivity contribution in [2.45, 2.75) is 32.1 Å². The first-order valence-electron chi connectivity index (χ1n) is 6.38. The third-order valence-corrected chi connectivity index (χ3v) is 3.13. The molecule has 0 bridgehead atoms. The lowest BCUT2D eigenvalue weighted by Crippen LogP contribution is -2.35. The molecule has 1 heterocycles. The number of rotatable bonds is 4. The molecule has 18 heavy (non-hydrogen) atoms. The van der Waals surface area contributed by atoms with Crippen LogP contribution >= 0.6 is 0 Å². The Hall–Kier alpha value is -1.52. The zero-order valence-electron chi connectivity index (χ0n) is 10.6. The summed E-state index contributed by atoms with van der Waals surface area (Å²) in [6.07, 6.45) is 4.87. The van der Waals surface area contributed by atoms with Gasteiger partial charge >= 0.3 is 12.1 Å². The molecule has 0 aromatic rings. The van der Waals surface area contributed by atoms with Gasteiger partial charge in [0, 0.05) is 19.5 Å². The van der Waals surface area contributed by atoms with E-state index < -0.39 is 5.97 Å². The minimum absolute atomic E-state index is 0.233. The van der Waals surface area contributed by atoms with E-state index in [9.17, 15) is 9.59 Å². The molecule has 5 heteroatoms. The summed E-state index contributed by atoms with van der Waals surface area (Å²) >= 11 is 0. The Balaban J connectivity index is 2.35. The largest absolute Gasteiger partial charge is 0.481 e. The summed E-state index contributed by atoms with van der Waals surface area (Å²) in [5.41, 5.74) is 0. The number of carbonyl (C=O) groups excluding carboxylic acids is 1. The molecule has 0 spiro atoms. The van der Waals surface area contributed by atoms with Crippen molar-refractivity contribution in [2.24, 2.45) is 5.92 Å². The number of ether oxygens (including phenoxy) is 1. The molecule has 1 N–H and O–H groups in total. The van der Waals surface area contributed by atoms with E-state index >= 15 is 0 Å². The van der Waals surface area contributed by atoms with E-state index in [1.54, 1.807) is 11.0 Å². The Morgan fingerprint density at radius 2 is 1.94 bits per heavy atom. The maximum Gasteiger partial charge on any atom is 0.410 e. The molecule has 0 saturated carbocycles. The lowest BCUT2D eigenvalue weighted by molar-refractivity contribution is -0.138. The molecule has 0 aliphatic carbocycles. The van der Waals surface area contributed by atoms with E-state index in [2.05, 4.69) is 6.58 Å². The van der Waals surface area contributed by atoms with Gasteiger partial charge in [-0.05, 0) is 31.6 Å². The van der Waals surface area contributed by atoms with Crippen molar-refractivity contribution in [3.63, 3.8) is 0 Å². The van der Waals surface area contributed by atoms with Gasteiger partial charge in [0.15, 0.2) is 0 Å². The molecule has 102 valence electrons.